The third-order valence-corrected chi connectivity index (χ3v) is 3.79. The maximum atomic E-state index is 13.7. The van der Waals surface area contributed by atoms with Gasteiger partial charge in [-0.3, -0.25) is 0 Å². The topological polar surface area (TPSA) is 26.0 Å². The fourth-order valence-electron chi connectivity index (χ4n) is 2.70. The Balaban J connectivity index is 2.36. The Bertz CT molecular complexity index is 384. The lowest BCUT2D eigenvalue weighted by atomic mass is 10.0. The number of halogens is 1. The van der Waals surface area contributed by atoms with E-state index >= 15 is 0 Å². The Labute approximate surface area is 90.5 Å². The number of hydrogen-bond donors (Lipinski definition) is 1. The molecule has 1 aromatic carbocycles. The molecule has 0 radical (unpaired) electrons. The fourth-order valence-corrected chi connectivity index (χ4v) is 2.70. The van der Waals surface area contributed by atoms with E-state index in [1.54, 1.807) is 6.07 Å². The number of nitrogens with two attached hydrogens (primary N) is 1. The summed E-state index contributed by atoms with van der Waals surface area (Å²) in [5.41, 5.74) is 7.82. The zero-order valence-electron chi connectivity index (χ0n) is 9.55. The molecule has 0 bridgehead atoms. The summed E-state index contributed by atoms with van der Waals surface area (Å²) in [4.78, 5) is 0. The largest absolute Gasteiger partial charge is 0.330 e. The van der Waals surface area contributed by atoms with Crippen LogP contribution in [0.15, 0.2) is 18.2 Å². The maximum absolute atomic E-state index is 13.7. The first-order valence-electron chi connectivity index (χ1n) is 5.44. The van der Waals surface area contributed by atoms with Gasteiger partial charge in [0.1, 0.15) is 5.82 Å². The molecule has 0 aliphatic heterocycles. The summed E-state index contributed by atoms with van der Waals surface area (Å²) in [5.74, 6) is 0.630. The van der Waals surface area contributed by atoms with E-state index in [0.29, 0.717) is 18.4 Å². The molecule has 2 N–H and O–H groups in total. The van der Waals surface area contributed by atoms with Crippen molar-refractivity contribution in [1.29, 1.82) is 0 Å². The summed E-state index contributed by atoms with van der Waals surface area (Å²) >= 11 is 0. The van der Waals surface area contributed by atoms with Crippen molar-refractivity contribution in [2.24, 2.45) is 17.1 Å². The molecule has 1 aromatic rings. The zero-order chi connectivity index (χ0) is 11.2. The van der Waals surface area contributed by atoms with Gasteiger partial charge >= 0.3 is 0 Å². The van der Waals surface area contributed by atoms with Gasteiger partial charge in [0.15, 0.2) is 0 Å². The van der Waals surface area contributed by atoms with Crippen LogP contribution in [0.4, 0.5) is 4.39 Å². The van der Waals surface area contributed by atoms with Crippen LogP contribution in [0.2, 0.25) is 0 Å². The molecular weight excluding hydrogens is 189 g/mol. The normalized spacial score (nSPS) is 27.8. The molecule has 0 saturated heterocycles. The van der Waals surface area contributed by atoms with Crippen molar-refractivity contribution in [3.8, 4) is 0 Å². The molecule has 2 heteroatoms. The van der Waals surface area contributed by atoms with Gasteiger partial charge in [-0.05, 0) is 42.3 Å². The second-order valence-corrected chi connectivity index (χ2v) is 5.17. The van der Waals surface area contributed by atoms with Gasteiger partial charge in [-0.25, -0.2) is 4.39 Å². The van der Waals surface area contributed by atoms with Gasteiger partial charge in [-0.2, -0.15) is 0 Å². The minimum absolute atomic E-state index is 0.0883. The minimum atomic E-state index is -0.0883. The van der Waals surface area contributed by atoms with Gasteiger partial charge < -0.3 is 5.73 Å². The predicted molar refractivity (Wildman–Crippen MR) is 60.2 cm³/mol. The number of aryl methyl sites for hydroxylation is 1. The van der Waals surface area contributed by atoms with Crippen LogP contribution in [0.5, 0.6) is 0 Å². The van der Waals surface area contributed by atoms with E-state index in [1.807, 2.05) is 19.1 Å². The molecule has 1 saturated carbocycles. The van der Waals surface area contributed by atoms with E-state index in [1.165, 1.54) is 0 Å². The summed E-state index contributed by atoms with van der Waals surface area (Å²) < 4.78 is 13.7. The highest BCUT2D eigenvalue weighted by molar-refractivity contribution is 5.35. The van der Waals surface area contributed by atoms with Crippen molar-refractivity contribution in [3.05, 3.63) is 35.1 Å². The van der Waals surface area contributed by atoms with Crippen molar-refractivity contribution in [2.45, 2.75) is 26.7 Å². The van der Waals surface area contributed by atoms with Crippen molar-refractivity contribution < 1.29 is 4.39 Å². The second kappa shape index (κ2) is 3.31. The molecule has 2 atom stereocenters. The van der Waals surface area contributed by atoms with Crippen LogP contribution in [0.3, 0.4) is 0 Å². The van der Waals surface area contributed by atoms with Crippen LogP contribution in [0, 0.1) is 24.1 Å². The minimum Gasteiger partial charge on any atom is -0.330 e. The van der Waals surface area contributed by atoms with Crippen LogP contribution in [-0.4, -0.2) is 6.54 Å². The van der Waals surface area contributed by atoms with Gasteiger partial charge in [0, 0.05) is 0 Å². The molecule has 82 valence electrons. The molecule has 2 rings (SSSR count). The maximum Gasteiger partial charge on any atom is 0.126 e. The van der Waals surface area contributed by atoms with E-state index in [4.69, 9.17) is 5.73 Å². The summed E-state index contributed by atoms with van der Waals surface area (Å²) in [5, 5.41) is 0. The summed E-state index contributed by atoms with van der Waals surface area (Å²) in [6.45, 7) is 6.97. The second-order valence-electron chi connectivity index (χ2n) is 5.17. The van der Waals surface area contributed by atoms with Gasteiger partial charge in [0.25, 0.3) is 0 Å². The van der Waals surface area contributed by atoms with Gasteiger partial charge in [0.2, 0.25) is 0 Å². The zero-order valence-corrected chi connectivity index (χ0v) is 9.55. The molecule has 2 unspecified atom stereocenters. The first-order valence-corrected chi connectivity index (χ1v) is 5.44. The van der Waals surface area contributed by atoms with E-state index in [0.717, 1.165) is 11.1 Å². The Kier molecular flexibility index (Phi) is 2.34. The Morgan fingerprint density at radius 1 is 1.40 bits per heavy atom. The van der Waals surface area contributed by atoms with Crippen LogP contribution in [-0.2, 0) is 0 Å². The van der Waals surface area contributed by atoms with Crippen LogP contribution < -0.4 is 5.73 Å². The molecule has 0 spiro atoms. The van der Waals surface area contributed by atoms with Crippen molar-refractivity contribution in [3.63, 3.8) is 0 Å². The van der Waals surface area contributed by atoms with Gasteiger partial charge in [0.05, 0.1) is 0 Å². The van der Waals surface area contributed by atoms with Crippen LogP contribution in [0.25, 0.3) is 0 Å². The molecule has 1 aliphatic carbocycles. The van der Waals surface area contributed by atoms with Crippen LogP contribution in [0.1, 0.15) is 30.9 Å². The summed E-state index contributed by atoms with van der Waals surface area (Å²) in [7, 11) is 0. The standard InChI is InChI=1S/C13H18FN/c1-8-4-5-11(14)9(6-8)12-10(7-15)13(12,2)3/h4-6,10,12H,7,15H2,1-3H3. The molecule has 15 heavy (non-hydrogen) atoms. The monoisotopic (exact) mass is 207 g/mol. The summed E-state index contributed by atoms with van der Waals surface area (Å²) in [6, 6.07) is 5.33. The molecule has 1 fully saturated rings. The first-order chi connectivity index (χ1) is 6.98. The molecule has 0 aromatic heterocycles. The van der Waals surface area contributed by atoms with Crippen molar-refractivity contribution in [2.75, 3.05) is 6.54 Å². The first kappa shape index (κ1) is 10.6. The number of hydrogen-bond acceptors (Lipinski definition) is 1. The molecule has 1 aliphatic rings. The quantitative estimate of drug-likeness (QED) is 0.793. The predicted octanol–water partition coefficient (Wildman–Crippen LogP) is 2.83. The third-order valence-electron chi connectivity index (χ3n) is 3.79. The SMILES string of the molecule is Cc1ccc(F)c(C2C(CN)C2(C)C)c1. The Morgan fingerprint density at radius 3 is 2.60 bits per heavy atom. The highest BCUT2D eigenvalue weighted by Crippen LogP contribution is 2.64. The molecular formula is C13H18FN. The average molecular weight is 207 g/mol. The Hall–Kier alpha value is -0.890. The van der Waals surface area contributed by atoms with Gasteiger partial charge in [-0.15, -0.1) is 0 Å². The van der Waals surface area contributed by atoms with E-state index in [2.05, 4.69) is 13.8 Å². The average Bonchev–Trinajstić information content (AvgIpc) is 2.72. The van der Waals surface area contributed by atoms with Crippen molar-refractivity contribution >= 4 is 0 Å². The molecule has 0 amide bonds. The number of benzene rings is 1. The third kappa shape index (κ3) is 1.57. The lowest BCUT2D eigenvalue weighted by Gasteiger charge is -2.05. The van der Waals surface area contributed by atoms with E-state index in [9.17, 15) is 4.39 Å². The van der Waals surface area contributed by atoms with Gasteiger partial charge in [-0.1, -0.05) is 31.5 Å². The smallest absolute Gasteiger partial charge is 0.126 e. The lowest BCUT2D eigenvalue weighted by molar-refractivity contribution is 0.551. The molecule has 0 heterocycles. The van der Waals surface area contributed by atoms with E-state index < -0.39 is 0 Å². The fraction of sp³-hybridized carbons (Fsp3) is 0.538. The molecule has 1 nitrogen and oxygen atoms in total. The lowest BCUT2D eigenvalue weighted by Crippen LogP contribution is -2.05. The van der Waals surface area contributed by atoms with Crippen LogP contribution >= 0.6 is 0 Å². The highest BCUT2D eigenvalue weighted by atomic mass is 19.1. The number of rotatable bonds is 2. The Morgan fingerprint density at radius 2 is 2.07 bits per heavy atom. The highest BCUT2D eigenvalue weighted by Gasteiger charge is 2.57. The summed E-state index contributed by atoms with van der Waals surface area (Å²) in [6.07, 6.45) is 0. The van der Waals surface area contributed by atoms with E-state index in [-0.39, 0.29) is 11.2 Å². The van der Waals surface area contributed by atoms with Crippen molar-refractivity contribution in [1.82, 2.24) is 0 Å².